The van der Waals surface area contributed by atoms with Crippen LogP contribution in [0.25, 0.3) is 0 Å². The first-order chi connectivity index (χ1) is 12.4. The number of allylic oxidation sites excluding steroid dienone is 7. The van der Waals surface area contributed by atoms with E-state index in [0.717, 1.165) is 12.8 Å². The summed E-state index contributed by atoms with van der Waals surface area (Å²) in [5, 5.41) is 0. The summed E-state index contributed by atoms with van der Waals surface area (Å²) in [4.78, 5) is 0. The molecule has 0 aromatic heterocycles. The average Bonchev–Trinajstić information content (AvgIpc) is 2.90. The van der Waals surface area contributed by atoms with E-state index < -0.39 is 0 Å². The topological polar surface area (TPSA) is 0 Å². The van der Waals surface area contributed by atoms with Crippen LogP contribution in [0.4, 0.5) is 0 Å². The largest absolute Gasteiger partial charge is 1.00 e. The summed E-state index contributed by atoms with van der Waals surface area (Å²) < 4.78 is 1.77. The van der Waals surface area contributed by atoms with Crippen molar-refractivity contribution >= 4 is 11.8 Å². The SMILES string of the molecule is CC(C)(C)SC1(C(C)(C)C2=[C]([Ti+2])CC=C2)CC=C(C(C)(C)C)C=C1C(C)(C)C.[Cl-].[Cl-]. The zero-order chi connectivity index (χ0) is 21.8. The maximum atomic E-state index is 2.57. The van der Waals surface area contributed by atoms with Crippen molar-refractivity contribution in [2.75, 3.05) is 0 Å². The Bertz CT molecular complexity index is 749. The molecule has 0 aromatic rings. The summed E-state index contributed by atoms with van der Waals surface area (Å²) in [6.45, 7) is 26.4. The molecule has 1 atom stereocenters. The van der Waals surface area contributed by atoms with Gasteiger partial charge in [-0.05, 0) is 0 Å². The van der Waals surface area contributed by atoms with Crippen LogP contribution in [0.15, 0.2) is 44.9 Å². The van der Waals surface area contributed by atoms with E-state index in [1.54, 1.807) is 11.1 Å². The van der Waals surface area contributed by atoms with Gasteiger partial charge in [0.05, 0.1) is 0 Å². The van der Waals surface area contributed by atoms with Gasteiger partial charge >= 0.3 is 192 Å². The Labute approximate surface area is 215 Å². The van der Waals surface area contributed by atoms with Crippen molar-refractivity contribution in [1.29, 1.82) is 0 Å². The van der Waals surface area contributed by atoms with Gasteiger partial charge in [0.2, 0.25) is 0 Å². The molecular formula is C26H41Cl2STi. The van der Waals surface area contributed by atoms with Gasteiger partial charge in [0.15, 0.2) is 0 Å². The molecule has 2 aliphatic carbocycles. The van der Waals surface area contributed by atoms with E-state index in [0.29, 0.717) is 0 Å². The van der Waals surface area contributed by atoms with E-state index in [4.69, 9.17) is 0 Å². The van der Waals surface area contributed by atoms with Crippen LogP contribution in [0.1, 0.15) is 89.0 Å². The quantitative estimate of drug-likeness (QED) is 0.533. The second-order valence-electron chi connectivity index (χ2n) is 12.1. The molecule has 0 fully saturated rings. The number of thioether (sulfide) groups is 1. The standard InChI is InChI=1S/C26H41S.2ClH.Ti/c1-22(2,3)20-16-17-26(27-24(7,8)9,21(18-20)23(4,5)6)25(10,11)19-14-12-13-15-19;;;/h12,14,16,18H,13,17H2,1-11H3;2*1H;/q;;;+2/p-2. The van der Waals surface area contributed by atoms with Crippen molar-refractivity contribution in [1.82, 2.24) is 0 Å². The summed E-state index contributed by atoms with van der Waals surface area (Å²) in [6.07, 6.45) is 12.1. The number of rotatable bonds is 3. The van der Waals surface area contributed by atoms with Crippen LogP contribution in [0.2, 0.25) is 0 Å². The molecule has 0 aromatic carbocycles. The molecule has 1 unspecified atom stereocenters. The molecule has 0 radical (unpaired) electrons. The fraction of sp³-hybridized carbons (Fsp3) is 0.692. The van der Waals surface area contributed by atoms with Gasteiger partial charge in [0.1, 0.15) is 0 Å². The van der Waals surface area contributed by atoms with Crippen LogP contribution in [-0.4, -0.2) is 9.49 Å². The van der Waals surface area contributed by atoms with E-state index >= 15 is 0 Å². The van der Waals surface area contributed by atoms with Crippen LogP contribution < -0.4 is 24.8 Å². The van der Waals surface area contributed by atoms with E-state index in [1.165, 1.54) is 9.45 Å². The summed E-state index contributed by atoms with van der Waals surface area (Å²) >= 11 is 4.51. The summed E-state index contributed by atoms with van der Waals surface area (Å²) in [7, 11) is 0. The molecule has 0 N–H and O–H groups in total. The Balaban J connectivity index is 0.00000420. The van der Waals surface area contributed by atoms with Crippen LogP contribution >= 0.6 is 11.8 Å². The first-order valence-electron chi connectivity index (χ1n) is 10.7. The monoisotopic (exact) mass is 503 g/mol. The molecule has 0 nitrogen and oxygen atoms in total. The van der Waals surface area contributed by atoms with Gasteiger partial charge in [0, 0.05) is 0 Å². The van der Waals surface area contributed by atoms with Gasteiger partial charge in [-0.15, -0.1) is 0 Å². The second kappa shape index (κ2) is 9.84. The van der Waals surface area contributed by atoms with Crippen LogP contribution in [0.3, 0.4) is 0 Å². The van der Waals surface area contributed by atoms with Crippen molar-refractivity contribution in [2.45, 2.75) is 98.5 Å². The van der Waals surface area contributed by atoms with Gasteiger partial charge in [-0.25, -0.2) is 0 Å². The molecule has 0 spiro atoms. The maximum absolute atomic E-state index is 2.57. The zero-order valence-corrected chi connectivity index (χ0v) is 24.8. The first-order valence-corrected chi connectivity index (χ1v) is 12.3. The van der Waals surface area contributed by atoms with Gasteiger partial charge in [0.25, 0.3) is 0 Å². The summed E-state index contributed by atoms with van der Waals surface area (Å²) in [5.74, 6) is 0. The average molecular weight is 504 g/mol. The molecule has 0 amide bonds. The normalized spacial score (nSPS) is 23.0. The fourth-order valence-electron chi connectivity index (χ4n) is 4.69. The Morgan fingerprint density at radius 3 is 1.77 bits per heavy atom. The predicted molar refractivity (Wildman–Crippen MR) is 124 cm³/mol. The van der Waals surface area contributed by atoms with Gasteiger partial charge in [-0.3, -0.25) is 0 Å². The van der Waals surface area contributed by atoms with E-state index in [9.17, 15) is 0 Å². The number of hydrogen-bond acceptors (Lipinski definition) is 1. The minimum absolute atomic E-state index is 0. The molecule has 0 heterocycles. The third-order valence-electron chi connectivity index (χ3n) is 6.11. The number of halogens is 2. The molecule has 4 heteroatoms. The van der Waals surface area contributed by atoms with E-state index in [1.807, 2.05) is 0 Å². The summed E-state index contributed by atoms with van der Waals surface area (Å²) in [5.41, 5.74) is 5.01. The molecule has 2 aliphatic rings. The van der Waals surface area contributed by atoms with Crippen molar-refractivity contribution in [3.8, 4) is 0 Å². The molecule has 30 heavy (non-hydrogen) atoms. The van der Waals surface area contributed by atoms with Crippen LogP contribution in [-0.2, 0) is 20.4 Å². The van der Waals surface area contributed by atoms with E-state index in [2.05, 4.69) is 133 Å². The molecule has 0 saturated carbocycles. The third-order valence-corrected chi connectivity index (χ3v) is 8.71. The first kappa shape index (κ1) is 30.6. The molecule has 0 saturated heterocycles. The number of hydrogen-bond donors (Lipinski definition) is 0. The fourth-order valence-corrected chi connectivity index (χ4v) is 7.54. The molecule has 0 aliphatic heterocycles. The maximum Gasteiger partial charge on any atom is -1.00 e. The Hall–Kier alpha value is 0.604. The Morgan fingerprint density at radius 2 is 1.40 bits per heavy atom. The molecule has 0 bridgehead atoms. The Morgan fingerprint density at radius 1 is 0.867 bits per heavy atom. The minimum atomic E-state index is 0. The van der Waals surface area contributed by atoms with Crippen molar-refractivity contribution in [3.63, 3.8) is 0 Å². The van der Waals surface area contributed by atoms with E-state index in [-0.39, 0.29) is 50.6 Å². The molecule has 169 valence electrons. The van der Waals surface area contributed by atoms with Gasteiger partial charge in [-0.2, -0.15) is 0 Å². The molecular weight excluding hydrogens is 463 g/mol. The summed E-state index contributed by atoms with van der Waals surface area (Å²) in [6, 6.07) is 0. The smallest absolute Gasteiger partial charge is 1.00 e. The van der Waals surface area contributed by atoms with Crippen molar-refractivity contribution in [3.05, 3.63) is 44.9 Å². The predicted octanol–water partition coefficient (Wildman–Crippen LogP) is 2.40. The minimum Gasteiger partial charge on any atom is -1.00 e. The zero-order valence-electron chi connectivity index (χ0n) is 20.9. The second-order valence-corrected chi connectivity index (χ2v) is 15.2. The van der Waals surface area contributed by atoms with Gasteiger partial charge < -0.3 is 24.8 Å². The van der Waals surface area contributed by atoms with Crippen LogP contribution in [0, 0.1) is 16.2 Å². The third kappa shape index (κ3) is 6.14. The van der Waals surface area contributed by atoms with Crippen molar-refractivity contribution < 1.29 is 45.2 Å². The Kier molecular flexibility index (Phi) is 10.0. The van der Waals surface area contributed by atoms with Crippen molar-refractivity contribution in [2.24, 2.45) is 16.2 Å². The van der Waals surface area contributed by atoms with Gasteiger partial charge in [-0.1, -0.05) is 0 Å². The molecule has 2 rings (SSSR count). The van der Waals surface area contributed by atoms with Crippen LogP contribution in [0.5, 0.6) is 0 Å².